The lowest BCUT2D eigenvalue weighted by Crippen LogP contribution is -1.92. The molecule has 0 atom stereocenters. The van der Waals surface area contributed by atoms with E-state index in [1.54, 1.807) is 30.3 Å². The monoisotopic (exact) mass is 313 g/mol. The number of phenols is 1. The molecule has 1 heterocycles. The van der Waals surface area contributed by atoms with Crippen LogP contribution in [-0.4, -0.2) is 20.7 Å². The van der Waals surface area contributed by atoms with Gasteiger partial charge in [0, 0.05) is 17.8 Å². The van der Waals surface area contributed by atoms with Gasteiger partial charge in [0.05, 0.1) is 15.1 Å². The van der Waals surface area contributed by atoms with Crippen molar-refractivity contribution in [2.75, 3.05) is 0 Å². The quantitative estimate of drug-likeness (QED) is 0.449. The zero-order valence-corrected chi connectivity index (χ0v) is 12.4. The summed E-state index contributed by atoms with van der Waals surface area (Å²) in [6, 6.07) is 11.3. The van der Waals surface area contributed by atoms with Crippen molar-refractivity contribution in [3.8, 4) is 5.75 Å². The van der Waals surface area contributed by atoms with Crippen LogP contribution in [0.2, 0.25) is 0 Å². The number of benzene rings is 2. The number of rotatable bonds is 3. The number of non-ortho nitro benzene ring substituents is 1. The number of hydrogen-bond donors (Lipinski definition) is 1. The van der Waals surface area contributed by atoms with Gasteiger partial charge in [-0.05, 0) is 42.8 Å². The number of aliphatic imine (C=N–C) groups is 1. The molecule has 0 aliphatic carbocycles. The van der Waals surface area contributed by atoms with Gasteiger partial charge >= 0.3 is 0 Å². The third kappa shape index (κ3) is 2.79. The number of nitro groups is 1. The van der Waals surface area contributed by atoms with Crippen molar-refractivity contribution >= 4 is 38.1 Å². The minimum atomic E-state index is -0.441. The minimum absolute atomic E-state index is 0.0172. The Labute approximate surface area is 129 Å². The summed E-state index contributed by atoms with van der Waals surface area (Å²) in [7, 11) is 0. The second-order valence-electron chi connectivity index (χ2n) is 4.65. The Hall–Kier alpha value is -2.80. The minimum Gasteiger partial charge on any atom is -0.508 e. The van der Waals surface area contributed by atoms with E-state index < -0.39 is 4.92 Å². The lowest BCUT2D eigenvalue weighted by molar-refractivity contribution is -0.384. The lowest BCUT2D eigenvalue weighted by Gasteiger charge is -1.99. The van der Waals surface area contributed by atoms with Crippen LogP contribution >= 0.6 is 11.3 Å². The van der Waals surface area contributed by atoms with E-state index in [4.69, 9.17) is 0 Å². The number of nitro benzene ring substituents is 1. The number of aromatic nitrogens is 1. The molecule has 0 saturated heterocycles. The van der Waals surface area contributed by atoms with Crippen molar-refractivity contribution in [2.24, 2.45) is 4.99 Å². The van der Waals surface area contributed by atoms with Gasteiger partial charge < -0.3 is 5.11 Å². The molecule has 0 unspecified atom stereocenters. The molecule has 0 radical (unpaired) electrons. The predicted molar refractivity (Wildman–Crippen MR) is 86.3 cm³/mol. The van der Waals surface area contributed by atoms with Crippen LogP contribution in [0.5, 0.6) is 5.75 Å². The maximum Gasteiger partial charge on any atom is 0.271 e. The first-order chi connectivity index (χ1) is 10.5. The first-order valence-electron chi connectivity index (χ1n) is 6.42. The molecular formula is C15H11N3O3S. The average Bonchev–Trinajstić information content (AvgIpc) is 2.88. The molecule has 7 heteroatoms. The van der Waals surface area contributed by atoms with Crippen LogP contribution in [0, 0.1) is 10.1 Å². The molecule has 0 aliphatic rings. The molecule has 0 bridgehead atoms. The summed E-state index contributed by atoms with van der Waals surface area (Å²) in [4.78, 5) is 19.1. The van der Waals surface area contributed by atoms with Crippen molar-refractivity contribution < 1.29 is 10.0 Å². The van der Waals surface area contributed by atoms with Crippen molar-refractivity contribution in [1.82, 2.24) is 4.98 Å². The van der Waals surface area contributed by atoms with E-state index in [0.717, 1.165) is 16.0 Å². The molecule has 1 aromatic heterocycles. The SMILES string of the molecule is C/C(=N\c1nc2cc([N+](=O)[O-])ccc2s1)c1ccc(O)cc1. The van der Waals surface area contributed by atoms with Crippen LogP contribution in [0.3, 0.4) is 0 Å². The molecule has 0 aliphatic heterocycles. The van der Waals surface area contributed by atoms with Gasteiger partial charge in [0.1, 0.15) is 5.75 Å². The van der Waals surface area contributed by atoms with Crippen LogP contribution in [-0.2, 0) is 0 Å². The molecule has 0 fully saturated rings. The number of nitrogens with zero attached hydrogens (tertiary/aromatic N) is 3. The number of fused-ring (bicyclic) bond motifs is 1. The fourth-order valence-electron chi connectivity index (χ4n) is 1.98. The Morgan fingerprint density at radius 3 is 2.68 bits per heavy atom. The highest BCUT2D eigenvalue weighted by Crippen LogP contribution is 2.31. The molecule has 22 heavy (non-hydrogen) atoms. The first-order valence-corrected chi connectivity index (χ1v) is 7.24. The van der Waals surface area contributed by atoms with E-state index in [0.29, 0.717) is 10.6 Å². The number of phenolic OH excluding ortho intramolecular Hbond substituents is 1. The number of aromatic hydroxyl groups is 1. The van der Waals surface area contributed by atoms with Crippen LogP contribution in [0.1, 0.15) is 12.5 Å². The molecule has 3 aromatic rings. The highest BCUT2D eigenvalue weighted by Gasteiger charge is 2.10. The summed E-state index contributed by atoms with van der Waals surface area (Å²) in [5.74, 6) is 0.198. The molecule has 6 nitrogen and oxygen atoms in total. The second kappa shape index (κ2) is 5.53. The fourth-order valence-corrected chi connectivity index (χ4v) is 2.84. The van der Waals surface area contributed by atoms with E-state index >= 15 is 0 Å². The molecule has 1 N–H and O–H groups in total. The number of hydrogen-bond acceptors (Lipinski definition) is 6. The van der Waals surface area contributed by atoms with E-state index in [9.17, 15) is 15.2 Å². The molecule has 0 spiro atoms. The van der Waals surface area contributed by atoms with E-state index in [1.807, 2.05) is 6.92 Å². The second-order valence-corrected chi connectivity index (χ2v) is 5.66. The fraction of sp³-hybridized carbons (Fsp3) is 0.0667. The Bertz CT molecular complexity index is 885. The van der Waals surface area contributed by atoms with Gasteiger partial charge in [0.15, 0.2) is 0 Å². The van der Waals surface area contributed by atoms with Crippen LogP contribution in [0.4, 0.5) is 10.8 Å². The van der Waals surface area contributed by atoms with Crippen LogP contribution < -0.4 is 0 Å². The van der Waals surface area contributed by atoms with Gasteiger partial charge in [-0.1, -0.05) is 11.3 Å². The summed E-state index contributed by atoms with van der Waals surface area (Å²) in [6.07, 6.45) is 0. The Balaban J connectivity index is 1.97. The highest BCUT2D eigenvalue weighted by atomic mass is 32.1. The molecule has 0 saturated carbocycles. The normalized spacial score (nSPS) is 11.8. The first kappa shape index (κ1) is 14.2. The number of thiazole rings is 1. The predicted octanol–water partition coefficient (Wildman–Crippen LogP) is 4.05. The Kier molecular flexibility index (Phi) is 3.56. The van der Waals surface area contributed by atoms with E-state index in [2.05, 4.69) is 9.98 Å². The maximum absolute atomic E-state index is 10.8. The smallest absolute Gasteiger partial charge is 0.271 e. The summed E-state index contributed by atoms with van der Waals surface area (Å²) in [5.41, 5.74) is 2.22. The van der Waals surface area contributed by atoms with E-state index in [1.165, 1.54) is 23.5 Å². The average molecular weight is 313 g/mol. The van der Waals surface area contributed by atoms with Crippen LogP contribution in [0.15, 0.2) is 47.5 Å². The summed E-state index contributed by atoms with van der Waals surface area (Å²) in [6.45, 7) is 1.85. The van der Waals surface area contributed by atoms with Crippen molar-refractivity contribution in [3.05, 3.63) is 58.1 Å². The zero-order chi connectivity index (χ0) is 15.7. The molecule has 2 aromatic carbocycles. The van der Waals surface area contributed by atoms with Gasteiger partial charge in [-0.25, -0.2) is 9.98 Å². The molecular weight excluding hydrogens is 302 g/mol. The van der Waals surface area contributed by atoms with Crippen molar-refractivity contribution in [2.45, 2.75) is 6.92 Å². The Morgan fingerprint density at radius 1 is 1.27 bits per heavy atom. The zero-order valence-electron chi connectivity index (χ0n) is 11.6. The summed E-state index contributed by atoms with van der Waals surface area (Å²) >= 11 is 1.37. The van der Waals surface area contributed by atoms with Gasteiger partial charge in [-0.2, -0.15) is 0 Å². The lowest BCUT2D eigenvalue weighted by atomic mass is 10.1. The maximum atomic E-state index is 10.8. The molecule has 0 amide bonds. The standard InChI is InChI=1S/C15H11N3O3S/c1-9(10-2-5-12(19)6-3-10)16-15-17-13-8-11(18(20)21)4-7-14(13)22-15/h2-8,19H,1H3/b16-9+. The summed E-state index contributed by atoms with van der Waals surface area (Å²) in [5, 5.41) is 20.6. The van der Waals surface area contributed by atoms with Crippen molar-refractivity contribution in [1.29, 1.82) is 0 Å². The van der Waals surface area contributed by atoms with Gasteiger partial charge in [-0.15, -0.1) is 0 Å². The third-order valence-corrected chi connectivity index (χ3v) is 4.05. The molecule has 110 valence electrons. The topological polar surface area (TPSA) is 88.6 Å². The van der Waals surface area contributed by atoms with Gasteiger partial charge in [0.25, 0.3) is 5.69 Å². The molecule has 3 rings (SSSR count). The summed E-state index contributed by atoms with van der Waals surface area (Å²) < 4.78 is 0.850. The van der Waals surface area contributed by atoms with Crippen molar-refractivity contribution in [3.63, 3.8) is 0 Å². The largest absolute Gasteiger partial charge is 0.508 e. The highest BCUT2D eigenvalue weighted by molar-refractivity contribution is 7.22. The van der Waals surface area contributed by atoms with Gasteiger partial charge in [-0.3, -0.25) is 10.1 Å². The van der Waals surface area contributed by atoms with E-state index in [-0.39, 0.29) is 11.4 Å². The Morgan fingerprint density at radius 2 is 2.00 bits per heavy atom. The van der Waals surface area contributed by atoms with Gasteiger partial charge in [0.2, 0.25) is 5.13 Å². The van der Waals surface area contributed by atoms with Crippen LogP contribution in [0.25, 0.3) is 10.2 Å². The third-order valence-electron chi connectivity index (χ3n) is 3.12.